The van der Waals surface area contributed by atoms with Gasteiger partial charge in [-0.2, -0.15) is 0 Å². The lowest BCUT2D eigenvalue weighted by Gasteiger charge is -2.17. The molecule has 1 fully saturated rings. The number of nitrogens with one attached hydrogen (secondary N) is 2. The lowest BCUT2D eigenvalue weighted by atomic mass is 10.1. The molecule has 0 aromatic carbocycles. The van der Waals surface area contributed by atoms with E-state index in [4.69, 9.17) is 5.11 Å². The van der Waals surface area contributed by atoms with Crippen LogP contribution in [0.5, 0.6) is 0 Å². The van der Waals surface area contributed by atoms with Crippen molar-refractivity contribution in [3.63, 3.8) is 0 Å². The van der Waals surface area contributed by atoms with E-state index in [-0.39, 0.29) is 24.3 Å². The van der Waals surface area contributed by atoms with Gasteiger partial charge in [-0.1, -0.05) is 13.3 Å². The van der Waals surface area contributed by atoms with Gasteiger partial charge in [0.1, 0.15) is 5.01 Å². The first-order valence-electron chi connectivity index (χ1n) is 6.28. The Balaban J connectivity index is 1.78. The molecule has 1 saturated carbocycles. The SMILES string of the molecule is CC1CCCC1NC(=O)NCc1nc(C(=O)O)cs1. The molecule has 2 amide bonds. The Labute approximate surface area is 115 Å². The second kappa shape index (κ2) is 6.01. The Morgan fingerprint density at radius 3 is 2.89 bits per heavy atom. The molecule has 1 aliphatic rings. The normalized spacial score (nSPS) is 22.2. The monoisotopic (exact) mass is 283 g/mol. The minimum absolute atomic E-state index is 0.0200. The predicted octanol–water partition coefficient (Wildman–Crippen LogP) is 1.83. The molecule has 0 bridgehead atoms. The number of nitrogens with zero attached hydrogens (tertiary/aromatic N) is 1. The molecule has 6 nitrogen and oxygen atoms in total. The standard InChI is InChI=1S/C12H17N3O3S/c1-7-3-2-4-8(7)15-12(18)13-5-10-14-9(6-19-10)11(16)17/h6-8H,2-5H2,1H3,(H,16,17)(H2,13,15,18). The topological polar surface area (TPSA) is 91.3 Å². The summed E-state index contributed by atoms with van der Waals surface area (Å²) >= 11 is 1.23. The molecular weight excluding hydrogens is 266 g/mol. The van der Waals surface area contributed by atoms with Crippen molar-refractivity contribution >= 4 is 23.3 Å². The van der Waals surface area contributed by atoms with Gasteiger partial charge in [-0.05, 0) is 18.8 Å². The van der Waals surface area contributed by atoms with Crippen LogP contribution in [0, 0.1) is 5.92 Å². The number of amides is 2. The predicted molar refractivity (Wildman–Crippen MR) is 71.2 cm³/mol. The van der Waals surface area contributed by atoms with Crippen LogP contribution in [0.25, 0.3) is 0 Å². The number of carboxylic acids is 1. The van der Waals surface area contributed by atoms with Crippen LogP contribution in [0.2, 0.25) is 0 Å². The molecular formula is C12H17N3O3S. The van der Waals surface area contributed by atoms with Crippen LogP contribution in [0.15, 0.2) is 5.38 Å². The number of aromatic carboxylic acids is 1. The summed E-state index contributed by atoms with van der Waals surface area (Å²) in [6.45, 7) is 2.39. The summed E-state index contributed by atoms with van der Waals surface area (Å²) in [6.07, 6.45) is 3.33. The van der Waals surface area contributed by atoms with Crippen molar-refractivity contribution in [3.8, 4) is 0 Å². The first-order chi connectivity index (χ1) is 9.06. The Hall–Kier alpha value is -1.63. The first-order valence-corrected chi connectivity index (χ1v) is 7.16. The number of rotatable bonds is 4. The second-order valence-corrected chi connectivity index (χ2v) is 5.72. The van der Waals surface area contributed by atoms with E-state index in [1.54, 1.807) is 0 Å². The van der Waals surface area contributed by atoms with E-state index in [0.717, 1.165) is 19.3 Å². The minimum atomic E-state index is -1.05. The van der Waals surface area contributed by atoms with Crippen molar-refractivity contribution in [2.24, 2.45) is 5.92 Å². The van der Waals surface area contributed by atoms with Gasteiger partial charge >= 0.3 is 12.0 Å². The number of carboxylic acid groups (broad SMARTS) is 1. The highest BCUT2D eigenvalue weighted by atomic mass is 32.1. The van der Waals surface area contributed by atoms with Gasteiger partial charge in [0.05, 0.1) is 6.54 Å². The summed E-state index contributed by atoms with van der Waals surface area (Å²) in [7, 11) is 0. The maximum Gasteiger partial charge on any atom is 0.355 e. The molecule has 0 saturated heterocycles. The molecule has 2 unspecified atom stereocenters. The number of carbonyl (C=O) groups is 2. The lowest BCUT2D eigenvalue weighted by Crippen LogP contribution is -2.42. The highest BCUT2D eigenvalue weighted by Crippen LogP contribution is 2.24. The van der Waals surface area contributed by atoms with Crippen LogP contribution >= 0.6 is 11.3 Å². The van der Waals surface area contributed by atoms with Crippen LogP contribution in [-0.4, -0.2) is 28.1 Å². The van der Waals surface area contributed by atoms with Gasteiger partial charge in [0.15, 0.2) is 5.69 Å². The van der Waals surface area contributed by atoms with Crippen molar-refractivity contribution in [2.75, 3.05) is 0 Å². The zero-order valence-electron chi connectivity index (χ0n) is 10.7. The van der Waals surface area contributed by atoms with Gasteiger partial charge in [0.2, 0.25) is 0 Å². The fourth-order valence-corrected chi connectivity index (χ4v) is 2.93. The average molecular weight is 283 g/mol. The van der Waals surface area contributed by atoms with E-state index < -0.39 is 5.97 Å². The van der Waals surface area contributed by atoms with E-state index in [1.165, 1.54) is 16.7 Å². The number of carbonyl (C=O) groups excluding carboxylic acids is 1. The lowest BCUT2D eigenvalue weighted by molar-refractivity contribution is 0.0691. The third kappa shape index (κ3) is 3.66. The van der Waals surface area contributed by atoms with E-state index in [2.05, 4.69) is 22.5 Å². The van der Waals surface area contributed by atoms with E-state index in [1.807, 2.05) is 0 Å². The molecule has 104 valence electrons. The maximum atomic E-state index is 11.7. The molecule has 2 rings (SSSR count). The van der Waals surface area contributed by atoms with Crippen molar-refractivity contribution in [2.45, 2.75) is 38.8 Å². The van der Waals surface area contributed by atoms with Crippen LogP contribution in [0.4, 0.5) is 4.79 Å². The average Bonchev–Trinajstić information content (AvgIpc) is 2.97. The van der Waals surface area contributed by atoms with Crippen LogP contribution < -0.4 is 10.6 Å². The zero-order chi connectivity index (χ0) is 13.8. The molecule has 2 atom stereocenters. The molecule has 0 spiro atoms. The Morgan fingerprint density at radius 2 is 2.32 bits per heavy atom. The number of hydrogen-bond donors (Lipinski definition) is 3. The highest BCUT2D eigenvalue weighted by molar-refractivity contribution is 7.09. The largest absolute Gasteiger partial charge is 0.476 e. The summed E-state index contributed by atoms with van der Waals surface area (Å²) in [5, 5.41) is 16.4. The molecule has 7 heteroatoms. The Bertz CT molecular complexity index is 475. The second-order valence-electron chi connectivity index (χ2n) is 4.77. The number of aromatic nitrogens is 1. The quantitative estimate of drug-likeness (QED) is 0.786. The zero-order valence-corrected chi connectivity index (χ0v) is 11.5. The smallest absolute Gasteiger partial charge is 0.355 e. The van der Waals surface area contributed by atoms with Crippen LogP contribution in [0.3, 0.4) is 0 Å². The molecule has 1 aliphatic carbocycles. The van der Waals surface area contributed by atoms with Crippen LogP contribution in [0.1, 0.15) is 41.7 Å². The van der Waals surface area contributed by atoms with Gasteiger partial charge in [-0.3, -0.25) is 0 Å². The maximum absolute atomic E-state index is 11.7. The molecule has 0 radical (unpaired) electrons. The summed E-state index contributed by atoms with van der Waals surface area (Å²) in [4.78, 5) is 26.3. The first kappa shape index (κ1) is 13.8. The Morgan fingerprint density at radius 1 is 1.53 bits per heavy atom. The third-order valence-corrected chi connectivity index (χ3v) is 4.20. The number of thiazole rings is 1. The molecule has 1 aromatic rings. The number of urea groups is 1. The van der Waals surface area contributed by atoms with Crippen molar-refractivity contribution in [3.05, 3.63) is 16.1 Å². The van der Waals surface area contributed by atoms with Gasteiger partial charge in [0, 0.05) is 11.4 Å². The van der Waals surface area contributed by atoms with E-state index >= 15 is 0 Å². The van der Waals surface area contributed by atoms with Crippen molar-refractivity contribution in [1.29, 1.82) is 0 Å². The van der Waals surface area contributed by atoms with Crippen LogP contribution in [-0.2, 0) is 6.54 Å². The van der Waals surface area contributed by atoms with Gasteiger partial charge in [-0.15, -0.1) is 11.3 Å². The number of hydrogen-bond acceptors (Lipinski definition) is 4. The van der Waals surface area contributed by atoms with E-state index in [9.17, 15) is 9.59 Å². The molecule has 19 heavy (non-hydrogen) atoms. The molecule has 1 aromatic heterocycles. The molecule has 1 heterocycles. The molecule has 0 aliphatic heterocycles. The van der Waals surface area contributed by atoms with Crippen molar-refractivity contribution < 1.29 is 14.7 Å². The summed E-state index contributed by atoms with van der Waals surface area (Å²) in [6, 6.07) is 0.0247. The fourth-order valence-electron chi connectivity index (χ4n) is 2.23. The highest BCUT2D eigenvalue weighted by Gasteiger charge is 2.24. The minimum Gasteiger partial charge on any atom is -0.476 e. The summed E-state index contributed by atoms with van der Waals surface area (Å²) in [5.41, 5.74) is 0.0200. The molecule has 3 N–H and O–H groups in total. The van der Waals surface area contributed by atoms with Gasteiger partial charge in [0.25, 0.3) is 0 Å². The third-order valence-electron chi connectivity index (χ3n) is 3.35. The van der Waals surface area contributed by atoms with Gasteiger partial charge in [-0.25, -0.2) is 14.6 Å². The summed E-state index contributed by atoms with van der Waals surface area (Å²) < 4.78 is 0. The van der Waals surface area contributed by atoms with Gasteiger partial charge < -0.3 is 15.7 Å². The fraction of sp³-hybridized carbons (Fsp3) is 0.583. The van der Waals surface area contributed by atoms with E-state index in [0.29, 0.717) is 10.9 Å². The Kier molecular flexibility index (Phi) is 4.36. The van der Waals surface area contributed by atoms with Crippen molar-refractivity contribution in [1.82, 2.24) is 15.6 Å². The summed E-state index contributed by atoms with van der Waals surface area (Å²) in [5.74, 6) is -0.532.